The first-order valence-corrected chi connectivity index (χ1v) is 6.71. The second kappa shape index (κ2) is 5.91. The minimum absolute atomic E-state index is 0.0281. The van der Waals surface area contributed by atoms with Gasteiger partial charge >= 0.3 is 0 Å². The Morgan fingerprint density at radius 2 is 2.21 bits per heavy atom. The maximum atomic E-state index is 8.77. The van der Waals surface area contributed by atoms with Crippen LogP contribution in [0.15, 0.2) is 23.5 Å². The van der Waals surface area contributed by atoms with Crippen LogP contribution in [0, 0.1) is 11.8 Å². The van der Waals surface area contributed by atoms with Gasteiger partial charge in [0, 0.05) is 6.20 Å². The van der Waals surface area contributed by atoms with E-state index < -0.39 is 0 Å². The lowest BCUT2D eigenvalue weighted by Gasteiger charge is -2.32. The van der Waals surface area contributed by atoms with Crippen molar-refractivity contribution in [1.29, 1.82) is 0 Å². The quantitative estimate of drug-likeness (QED) is 0.380. The second-order valence-corrected chi connectivity index (χ2v) is 5.35. The van der Waals surface area contributed by atoms with Crippen molar-refractivity contribution in [3.8, 4) is 5.88 Å². The summed E-state index contributed by atoms with van der Waals surface area (Å²) in [4.78, 5) is 4.19. The lowest BCUT2D eigenvalue weighted by molar-refractivity contribution is 0.0962. The summed E-state index contributed by atoms with van der Waals surface area (Å²) in [5, 5.41) is 11.8. The third kappa shape index (κ3) is 3.16. The van der Waals surface area contributed by atoms with Gasteiger partial charge in [-0.1, -0.05) is 19.0 Å². The van der Waals surface area contributed by atoms with Crippen molar-refractivity contribution in [3.63, 3.8) is 0 Å². The maximum absolute atomic E-state index is 8.77. The van der Waals surface area contributed by atoms with Gasteiger partial charge in [0.2, 0.25) is 5.88 Å². The first kappa shape index (κ1) is 13.6. The fourth-order valence-electron chi connectivity index (χ4n) is 2.50. The molecule has 104 valence electrons. The van der Waals surface area contributed by atoms with Gasteiger partial charge in [0.05, 0.1) is 5.56 Å². The largest absolute Gasteiger partial charge is 0.474 e. The molecule has 3 unspecified atom stereocenters. The van der Waals surface area contributed by atoms with Crippen molar-refractivity contribution in [2.24, 2.45) is 22.7 Å². The number of rotatable bonds is 3. The van der Waals surface area contributed by atoms with Crippen LogP contribution in [0.4, 0.5) is 0 Å². The van der Waals surface area contributed by atoms with Crippen LogP contribution in [-0.2, 0) is 0 Å². The van der Waals surface area contributed by atoms with Crippen LogP contribution in [0.25, 0.3) is 0 Å². The molecule has 19 heavy (non-hydrogen) atoms. The van der Waals surface area contributed by atoms with E-state index in [0.717, 1.165) is 25.2 Å². The Kier molecular flexibility index (Phi) is 4.24. The average Bonchev–Trinajstić information content (AvgIpc) is 2.43. The second-order valence-electron chi connectivity index (χ2n) is 5.35. The average molecular weight is 263 g/mol. The molecule has 1 aromatic rings. The summed E-state index contributed by atoms with van der Waals surface area (Å²) in [5.41, 5.74) is 6.17. The molecule has 0 radical (unpaired) electrons. The molecular weight excluding hydrogens is 242 g/mol. The maximum Gasteiger partial charge on any atom is 0.224 e. The Labute approximate surface area is 113 Å². The molecule has 0 spiro atoms. The molecule has 1 aliphatic rings. The number of ether oxygens (including phenoxy) is 1. The standard InChI is InChI=1S/C14H21N3O2/c1-9-5-6-11(8-10(9)2)19-14-12(13(15)17-18)4-3-7-16-14/h3-4,7,9-11,18H,5-6,8H2,1-2H3,(H2,15,17). The van der Waals surface area contributed by atoms with E-state index in [-0.39, 0.29) is 11.9 Å². The van der Waals surface area contributed by atoms with Crippen molar-refractivity contribution in [3.05, 3.63) is 23.9 Å². The minimum atomic E-state index is 0.0281. The number of hydrogen-bond donors (Lipinski definition) is 2. The van der Waals surface area contributed by atoms with E-state index in [1.807, 2.05) is 0 Å². The Balaban J connectivity index is 2.11. The molecule has 1 saturated carbocycles. The summed E-state index contributed by atoms with van der Waals surface area (Å²) in [6.45, 7) is 4.53. The van der Waals surface area contributed by atoms with E-state index in [2.05, 4.69) is 24.0 Å². The van der Waals surface area contributed by atoms with Crippen LogP contribution in [0.2, 0.25) is 0 Å². The molecule has 1 fully saturated rings. The third-order valence-corrected chi connectivity index (χ3v) is 3.98. The Hall–Kier alpha value is -1.78. The third-order valence-electron chi connectivity index (χ3n) is 3.98. The van der Waals surface area contributed by atoms with Crippen molar-refractivity contribution >= 4 is 5.84 Å². The van der Waals surface area contributed by atoms with E-state index in [1.54, 1.807) is 18.3 Å². The SMILES string of the molecule is CC1CCC(Oc2ncccc2C(N)=NO)CC1C. The molecule has 1 aromatic heterocycles. The van der Waals surface area contributed by atoms with Gasteiger partial charge in [-0.15, -0.1) is 0 Å². The van der Waals surface area contributed by atoms with E-state index in [9.17, 15) is 0 Å². The van der Waals surface area contributed by atoms with Crippen LogP contribution in [0.3, 0.4) is 0 Å². The molecule has 0 bridgehead atoms. The van der Waals surface area contributed by atoms with Crippen LogP contribution in [0.1, 0.15) is 38.7 Å². The predicted molar refractivity (Wildman–Crippen MR) is 73.3 cm³/mol. The summed E-state index contributed by atoms with van der Waals surface area (Å²) in [6.07, 6.45) is 5.02. The van der Waals surface area contributed by atoms with Crippen LogP contribution in [-0.4, -0.2) is 22.1 Å². The molecule has 3 N–H and O–H groups in total. The zero-order valence-electron chi connectivity index (χ0n) is 11.4. The zero-order chi connectivity index (χ0) is 13.8. The lowest BCUT2D eigenvalue weighted by atomic mass is 9.80. The molecule has 5 nitrogen and oxygen atoms in total. The van der Waals surface area contributed by atoms with Gasteiger partial charge in [-0.05, 0) is 43.2 Å². The Morgan fingerprint density at radius 1 is 1.42 bits per heavy atom. The first-order valence-electron chi connectivity index (χ1n) is 6.71. The number of hydrogen-bond acceptors (Lipinski definition) is 4. The molecule has 0 aliphatic heterocycles. The number of nitrogens with zero attached hydrogens (tertiary/aromatic N) is 2. The van der Waals surface area contributed by atoms with Gasteiger partial charge in [-0.25, -0.2) is 4.98 Å². The number of amidine groups is 1. The van der Waals surface area contributed by atoms with Gasteiger partial charge in [-0.3, -0.25) is 0 Å². The van der Waals surface area contributed by atoms with E-state index in [0.29, 0.717) is 17.4 Å². The summed E-state index contributed by atoms with van der Waals surface area (Å²) < 4.78 is 5.95. The van der Waals surface area contributed by atoms with Crippen molar-refractivity contribution in [1.82, 2.24) is 4.98 Å². The van der Waals surface area contributed by atoms with Gasteiger partial charge in [0.15, 0.2) is 5.84 Å². The zero-order valence-corrected chi connectivity index (χ0v) is 11.4. The summed E-state index contributed by atoms with van der Waals surface area (Å²) in [5.74, 6) is 1.87. The lowest BCUT2D eigenvalue weighted by Crippen LogP contribution is -2.30. The highest BCUT2D eigenvalue weighted by Crippen LogP contribution is 2.32. The highest BCUT2D eigenvalue weighted by molar-refractivity contribution is 5.98. The van der Waals surface area contributed by atoms with Crippen LogP contribution in [0.5, 0.6) is 5.88 Å². The molecule has 3 atom stereocenters. The normalized spacial score (nSPS) is 28.1. The van der Waals surface area contributed by atoms with E-state index >= 15 is 0 Å². The van der Waals surface area contributed by atoms with Gasteiger partial charge < -0.3 is 15.7 Å². The van der Waals surface area contributed by atoms with Crippen LogP contribution < -0.4 is 10.5 Å². The molecule has 2 rings (SSSR count). The molecule has 0 saturated heterocycles. The van der Waals surface area contributed by atoms with Crippen molar-refractivity contribution < 1.29 is 9.94 Å². The minimum Gasteiger partial charge on any atom is -0.474 e. The van der Waals surface area contributed by atoms with Gasteiger partial charge in [0.1, 0.15) is 6.10 Å². The van der Waals surface area contributed by atoms with E-state index in [1.165, 1.54) is 0 Å². The Morgan fingerprint density at radius 3 is 2.89 bits per heavy atom. The Bertz CT molecular complexity index is 462. The first-order chi connectivity index (χ1) is 9.11. The summed E-state index contributed by atoms with van der Waals surface area (Å²) in [6, 6.07) is 3.48. The molecular formula is C14H21N3O2. The van der Waals surface area contributed by atoms with Crippen LogP contribution >= 0.6 is 0 Å². The van der Waals surface area contributed by atoms with Crippen molar-refractivity contribution in [2.75, 3.05) is 0 Å². The fourth-order valence-corrected chi connectivity index (χ4v) is 2.50. The molecule has 0 aromatic carbocycles. The van der Waals surface area contributed by atoms with Gasteiger partial charge in [-0.2, -0.15) is 0 Å². The smallest absolute Gasteiger partial charge is 0.224 e. The highest BCUT2D eigenvalue weighted by atomic mass is 16.5. The predicted octanol–water partition coefficient (Wildman–Crippen LogP) is 2.38. The number of oxime groups is 1. The molecule has 1 heterocycles. The molecule has 0 amide bonds. The van der Waals surface area contributed by atoms with E-state index in [4.69, 9.17) is 15.7 Å². The topological polar surface area (TPSA) is 80.7 Å². The highest BCUT2D eigenvalue weighted by Gasteiger charge is 2.26. The summed E-state index contributed by atoms with van der Waals surface area (Å²) >= 11 is 0. The monoisotopic (exact) mass is 263 g/mol. The van der Waals surface area contributed by atoms with Crippen molar-refractivity contribution in [2.45, 2.75) is 39.2 Å². The van der Waals surface area contributed by atoms with Gasteiger partial charge in [0.25, 0.3) is 0 Å². The number of pyridine rings is 1. The molecule has 5 heteroatoms. The number of nitrogens with two attached hydrogens (primary N) is 1. The number of aromatic nitrogens is 1. The molecule has 1 aliphatic carbocycles. The summed E-state index contributed by atoms with van der Waals surface area (Å²) in [7, 11) is 0. The fraction of sp³-hybridized carbons (Fsp3) is 0.571.